The number of fused-ring (bicyclic) bond motifs is 1. The van der Waals surface area contributed by atoms with E-state index < -0.39 is 0 Å². The third-order valence-corrected chi connectivity index (χ3v) is 4.35. The van der Waals surface area contributed by atoms with Gasteiger partial charge in [0.25, 0.3) is 0 Å². The summed E-state index contributed by atoms with van der Waals surface area (Å²) in [6.07, 6.45) is 4.82. The minimum atomic E-state index is 0. The highest BCUT2D eigenvalue weighted by atomic mass is 35.5. The maximum atomic E-state index is 6.15. The van der Waals surface area contributed by atoms with Crippen LogP contribution in [0.2, 0.25) is 0 Å². The number of rotatable bonds is 2. The monoisotopic (exact) mass is 283 g/mol. The molecule has 1 aliphatic carbocycles. The van der Waals surface area contributed by atoms with Gasteiger partial charge in [0.15, 0.2) is 0 Å². The first kappa shape index (κ1) is 13.6. The number of halogens is 1. The van der Waals surface area contributed by atoms with Gasteiger partial charge in [0.2, 0.25) is 0 Å². The Balaban J connectivity index is 0.00000120. The zero-order valence-electron chi connectivity index (χ0n) is 10.1. The SMILES string of the molecule is Cl.NC1CCCCC1Nc1nsc2ccccc12. The number of nitrogens with zero attached hydrogens (tertiary/aromatic N) is 1. The Morgan fingerprint density at radius 2 is 2.00 bits per heavy atom. The van der Waals surface area contributed by atoms with E-state index in [1.807, 2.05) is 0 Å². The predicted molar refractivity (Wildman–Crippen MR) is 80.7 cm³/mol. The Kier molecular flexibility index (Phi) is 4.43. The van der Waals surface area contributed by atoms with Crippen molar-refractivity contribution in [2.75, 3.05) is 5.32 Å². The molecule has 3 N–H and O–H groups in total. The zero-order valence-corrected chi connectivity index (χ0v) is 11.8. The normalized spacial score (nSPS) is 23.6. The fourth-order valence-electron chi connectivity index (χ4n) is 2.50. The fraction of sp³-hybridized carbons (Fsp3) is 0.462. The summed E-state index contributed by atoms with van der Waals surface area (Å²) in [4.78, 5) is 0. The summed E-state index contributed by atoms with van der Waals surface area (Å²) in [5, 5.41) is 4.75. The topological polar surface area (TPSA) is 50.9 Å². The van der Waals surface area contributed by atoms with Gasteiger partial charge in [-0.15, -0.1) is 12.4 Å². The molecule has 3 nitrogen and oxygen atoms in total. The Bertz CT molecular complexity index is 514. The molecule has 0 saturated heterocycles. The van der Waals surface area contributed by atoms with Gasteiger partial charge in [-0.3, -0.25) is 0 Å². The molecule has 1 aromatic heterocycles. The van der Waals surface area contributed by atoms with Crippen LogP contribution in [0.4, 0.5) is 5.82 Å². The summed E-state index contributed by atoms with van der Waals surface area (Å²) in [5.74, 6) is 1.01. The Morgan fingerprint density at radius 1 is 1.22 bits per heavy atom. The summed E-state index contributed by atoms with van der Waals surface area (Å²) < 4.78 is 5.73. The van der Waals surface area contributed by atoms with Gasteiger partial charge in [0, 0.05) is 17.5 Å². The van der Waals surface area contributed by atoms with E-state index in [0.29, 0.717) is 6.04 Å². The Labute approximate surface area is 117 Å². The van der Waals surface area contributed by atoms with E-state index >= 15 is 0 Å². The number of aromatic nitrogens is 1. The molecular formula is C13H18ClN3S. The first-order chi connectivity index (χ1) is 8.34. The van der Waals surface area contributed by atoms with E-state index in [2.05, 4.69) is 34.0 Å². The van der Waals surface area contributed by atoms with E-state index in [-0.39, 0.29) is 18.4 Å². The van der Waals surface area contributed by atoms with Crippen LogP contribution in [-0.2, 0) is 0 Å². The number of benzene rings is 1. The second-order valence-electron chi connectivity index (χ2n) is 4.73. The van der Waals surface area contributed by atoms with Gasteiger partial charge in [0.1, 0.15) is 5.82 Å². The van der Waals surface area contributed by atoms with Gasteiger partial charge in [-0.25, -0.2) is 0 Å². The van der Waals surface area contributed by atoms with E-state index in [1.165, 1.54) is 22.9 Å². The Morgan fingerprint density at radius 3 is 2.83 bits per heavy atom. The highest BCUT2D eigenvalue weighted by Crippen LogP contribution is 2.28. The third-order valence-electron chi connectivity index (χ3n) is 3.52. The number of hydrogen-bond acceptors (Lipinski definition) is 4. The molecule has 1 heterocycles. The zero-order chi connectivity index (χ0) is 11.7. The smallest absolute Gasteiger partial charge is 0.147 e. The molecule has 1 aromatic carbocycles. The second-order valence-corrected chi connectivity index (χ2v) is 5.53. The summed E-state index contributed by atoms with van der Waals surface area (Å²) in [7, 11) is 0. The molecule has 2 aromatic rings. The maximum Gasteiger partial charge on any atom is 0.147 e. The van der Waals surface area contributed by atoms with Crippen molar-refractivity contribution < 1.29 is 0 Å². The molecule has 1 saturated carbocycles. The van der Waals surface area contributed by atoms with Gasteiger partial charge in [-0.05, 0) is 36.5 Å². The molecule has 0 amide bonds. The van der Waals surface area contributed by atoms with Gasteiger partial charge in [0.05, 0.1) is 4.70 Å². The van der Waals surface area contributed by atoms with Gasteiger partial charge in [-0.2, -0.15) is 4.37 Å². The minimum Gasteiger partial charge on any atom is -0.364 e. The standard InChI is InChI=1S/C13H17N3S.ClH/c14-10-6-2-3-7-11(10)15-13-9-5-1-4-8-12(9)17-16-13;/h1,4-5,8,10-11H,2-3,6-7,14H2,(H,15,16);1H. The van der Waals surface area contributed by atoms with Crippen LogP contribution in [0.1, 0.15) is 25.7 Å². The van der Waals surface area contributed by atoms with Gasteiger partial charge in [-0.1, -0.05) is 25.0 Å². The highest BCUT2D eigenvalue weighted by Gasteiger charge is 2.22. The lowest BCUT2D eigenvalue weighted by atomic mass is 9.91. The summed E-state index contributed by atoms with van der Waals surface area (Å²) >= 11 is 1.55. The number of hydrogen-bond donors (Lipinski definition) is 2. The largest absolute Gasteiger partial charge is 0.364 e. The maximum absolute atomic E-state index is 6.15. The van der Waals surface area contributed by atoms with Crippen LogP contribution in [0, 0.1) is 0 Å². The van der Waals surface area contributed by atoms with E-state index in [1.54, 1.807) is 11.5 Å². The molecule has 5 heteroatoms. The molecule has 18 heavy (non-hydrogen) atoms. The number of nitrogens with two attached hydrogens (primary N) is 1. The van der Waals surface area contributed by atoms with Crippen molar-refractivity contribution in [1.82, 2.24) is 4.37 Å². The number of anilines is 1. The van der Waals surface area contributed by atoms with E-state index in [9.17, 15) is 0 Å². The molecule has 0 radical (unpaired) electrons. The van der Waals surface area contributed by atoms with Gasteiger partial charge < -0.3 is 11.1 Å². The fourth-order valence-corrected chi connectivity index (χ4v) is 3.25. The summed E-state index contributed by atoms with van der Waals surface area (Å²) in [6.45, 7) is 0. The summed E-state index contributed by atoms with van der Waals surface area (Å²) in [5.41, 5.74) is 6.15. The van der Waals surface area contributed by atoms with Crippen molar-refractivity contribution in [1.29, 1.82) is 0 Å². The van der Waals surface area contributed by atoms with Crippen LogP contribution in [0.5, 0.6) is 0 Å². The first-order valence-electron chi connectivity index (χ1n) is 6.21. The van der Waals surface area contributed by atoms with E-state index in [4.69, 9.17) is 5.73 Å². The lowest BCUT2D eigenvalue weighted by Gasteiger charge is -2.29. The molecule has 98 valence electrons. The lowest BCUT2D eigenvalue weighted by Crippen LogP contribution is -2.42. The van der Waals surface area contributed by atoms with Crippen molar-refractivity contribution in [3.63, 3.8) is 0 Å². The van der Waals surface area contributed by atoms with Crippen molar-refractivity contribution in [3.05, 3.63) is 24.3 Å². The van der Waals surface area contributed by atoms with Crippen LogP contribution in [0.15, 0.2) is 24.3 Å². The average molecular weight is 284 g/mol. The third kappa shape index (κ3) is 2.60. The molecule has 1 fully saturated rings. The summed E-state index contributed by atoms with van der Waals surface area (Å²) in [6, 6.07) is 8.99. The molecule has 3 rings (SSSR count). The molecule has 2 unspecified atom stereocenters. The first-order valence-corrected chi connectivity index (χ1v) is 6.98. The van der Waals surface area contributed by atoms with Crippen LogP contribution in [-0.4, -0.2) is 16.5 Å². The second kappa shape index (κ2) is 5.87. The molecule has 0 spiro atoms. The predicted octanol–water partition coefficient (Wildman–Crippen LogP) is 3.40. The van der Waals surface area contributed by atoms with Crippen LogP contribution in [0.3, 0.4) is 0 Å². The van der Waals surface area contributed by atoms with Crippen molar-refractivity contribution in [2.24, 2.45) is 5.73 Å². The highest BCUT2D eigenvalue weighted by molar-refractivity contribution is 7.13. The quantitative estimate of drug-likeness (QED) is 0.888. The lowest BCUT2D eigenvalue weighted by molar-refractivity contribution is 0.404. The van der Waals surface area contributed by atoms with E-state index in [0.717, 1.165) is 18.7 Å². The van der Waals surface area contributed by atoms with Crippen molar-refractivity contribution in [2.45, 2.75) is 37.8 Å². The minimum absolute atomic E-state index is 0. The Hall–Kier alpha value is -0.840. The average Bonchev–Trinajstić information content (AvgIpc) is 2.76. The molecule has 1 aliphatic rings. The van der Waals surface area contributed by atoms with Crippen molar-refractivity contribution in [3.8, 4) is 0 Å². The molecule has 0 aliphatic heterocycles. The van der Waals surface area contributed by atoms with Gasteiger partial charge >= 0.3 is 0 Å². The molecular weight excluding hydrogens is 266 g/mol. The molecule has 0 bridgehead atoms. The van der Waals surface area contributed by atoms with Crippen LogP contribution in [0.25, 0.3) is 10.1 Å². The molecule has 2 atom stereocenters. The van der Waals surface area contributed by atoms with Crippen LogP contribution < -0.4 is 11.1 Å². The van der Waals surface area contributed by atoms with Crippen LogP contribution >= 0.6 is 23.9 Å². The number of nitrogens with one attached hydrogen (secondary N) is 1. The van der Waals surface area contributed by atoms with Crippen molar-refractivity contribution >= 4 is 39.8 Å².